The predicted molar refractivity (Wildman–Crippen MR) is 122 cm³/mol. The van der Waals surface area contributed by atoms with Crippen LogP contribution in [0.4, 0.5) is 11.6 Å². The van der Waals surface area contributed by atoms with Gasteiger partial charge < -0.3 is 20.7 Å². The largest absolute Gasteiger partial charge is 0.495 e. The van der Waals surface area contributed by atoms with E-state index in [0.717, 1.165) is 67.7 Å². The lowest BCUT2D eigenvalue weighted by atomic mass is 9.86. The summed E-state index contributed by atoms with van der Waals surface area (Å²) in [4.78, 5) is 23.1. The first-order chi connectivity index (χ1) is 15.5. The zero-order chi connectivity index (χ0) is 22.2. The van der Waals surface area contributed by atoms with Crippen molar-refractivity contribution in [1.82, 2.24) is 24.6 Å². The molecule has 1 fully saturated rings. The number of aromatic nitrogens is 4. The molecule has 3 aromatic rings. The molecule has 0 radical (unpaired) electrons. The monoisotopic (exact) mass is 435 g/mol. The fourth-order valence-electron chi connectivity index (χ4n) is 4.88. The number of hydrogen-bond acceptors (Lipinski definition) is 7. The van der Waals surface area contributed by atoms with Crippen LogP contribution in [0.25, 0.3) is 11.0 Å². The number of nitrogens with two attached hydrogens (primary N) is 1. The Balaban J connectivity index is 1.42. The number of methoxy groups -OCH3 is 1. The molecule has 1 aromatic carbocycles. The molecule has 0 atom stereocenters. The third-order valence-corrected chi connectivity index (χ3v) is 6.75. The minimum atomic E-state index is -0.201. The number of rotatable bonds is 5. The van der Waals surface area contributed by atoms with Gasteiger partial charge in [-0.25, -0.2) is 9.67 Å². The topological polar surface area (TPSA) is 111 Å². The van der Waals surface area contributed by atoms with Gasteiger partial charge >= 0.3 is 0 Å². The van der Waals surface area contributed by atoms with Crippen LogP contribution >= 0.6 is 0 Å². The minimum absolute atomic E-state index is 0.0320. The van der Waals surface area contributed by atoms with Crippen LogP contribution in [-0.2, 0) is 17.8 Å². The Kier molecular flexibility index (Phi) is 5.42. The number of benzene rings is 1. The third-order valence-electron chi connectivity index (χ3n) is 6.75. The number of fused-ring (bicyclic) bond motifs is 2. The lowest BCUT2D eigenvalue weighted by Gasteiger charge is -2.27. The van der Waals surface area contributed by atoms with E-state index in [1.54, 1.807) is 19.5 Å². The highest BCUT2D eigenvalue weighted by atomic mass is 16.5. The van der Waals surface area contributed by atoms with Gasteiger partial charge in [-0.3, -0.25) is 4.79 Å². The first kappa shape index (κ1) is 20.7. The average molecular weight is 436 g/mol. The predicted octanol–water partition coefficient (Wildman–Crippen LogP) is 2.78. The second kappa shape index (κ2) is 8.38. The maximum Gasteiger partial charge on any atom is 0.229 e. The van der Waals surface area contributed by atoms with E-state index in [-0.39, 0.29) is 17.9 Å². The molecule has 5 rings (SSSR count). The van der Waals surface area contributed by atoms with Gasteiger partial charge in [-0.15, -0.1) is 0 Å². The molecular weight excluding hydrogens is 406 g/mol. The zero-order valence-electron chi connectivity index (χ0n) is 18.5. The summed E-state index contributed by atoms with van der Waals surface area (Å²) in [5.74, 6) is 1.06. The Morgan fingerprint density at radius 2 is 2.00 bits per heavy atom. The van der Waals surface area contributed by atoms with Crippen LogP contribution < -0.4 is 15.8 Å². The van der Waals surface area contributed by atoms with Crippen LogP contribution in [0.3, 0.4) is 0 Å². The van der Waals surface area contributed by atoms with E-state index in [2.05, 4.69) is 39.5 Å². The Hall–Kier alpha value is -3.20. The molecule has 0 spiro atoms. The maximum absolute atomic E-state index is 11.5. The van der Waals surface area contributed by atoms with Crippen LogP contribution in [-0.4, -0.2) is 51.3 Å². The number of ether oxygens (including phenoxy) is 1. The zero-order valence-corrected chi connectivity index (χ0v) is 18.5. The molecule has 32 heavy (non-hydrogen) atoms. The molecule has 2 aromatic heterocycles. The van der Waals surface area contributed by atoms with Gasteiger partial charge in [0.1, 0.15) is 5.75 Å². The van der Waals surface area contributed by atoms with Crippen LogP contribution in [0.2, 0.25) is 0 Å². The highest BCUT2D eigenvalue weighted by molar-refractivity contribution is 5.77. The van der Waals surface area contributed by atoms with E-state index in [1.165, 1.54) is 11.1 Å². The van der Waals surface area contributed by atoms with Gasteiger partial charge in [-0.1, -0.05) is 0 Å². The third kappa shape index (κ3) is 3.88. The number of anilines is 2. The molecule has 0 unspecified atom stereocenters. The van der Waals surface area contributed by atoms with E-state index in [1.807, 2.05) is 4.68 Å². The quantitative estimate of drug-likeness (QED) is 0.634. The van der Waals surface area contributed by atoms with Gasteiger partial charge in [0, 0.05) is 25.2 Å². The number of carbonyl (C=O) groups is 1. The lowest BCUT2D eigenvalue weighted by molar-refractivity contribution is -0.122. The number of nitrogens with one attached hydrogen (secondary N) is 1. The second-order valence-electron chi connectivity index (χ2n) is 8.90. The van der Waals surface area contributed by atoms with Crippen molar-refractivity contribution in [3.05, 3.63) is 35.7 Å². The molecule has 3 heterocycles. The molecule has 1 amide bonds. The number of amides is 1. The van der Waals surface area contributed by atoms with Crippen molar-refractivity contribution < 1.29 is 9.53 Å². The van der Waals surface area contributed by atoms with Crippen molar-refractivity contribution >= 4 is 28.6 Å². The summed E-state index contributed by atoms with van der Waals surface area (Å²) >= 11 is 0. The standard InChI is InChI=1S/C23H29N7O2/c1-29-8-7-15-10-20(32-2)19(9-16(15)13-29)27-23-25-11-17-12-26-30(22(17)28-23)18-5-3-14(4-6-18)21(24)31/h9-12,14,18H,3-8,13H2,1-2H3,(H2,24,31)(H,25,27,28)/t14-,18+. The van der Waals surface area contributed by atoms with Crippen molar-refractivity contribution in [2.75, 3.05) is 26.0 Å². The molecule has 9 heteroatoms. The van der Waals surface area contributed by atoms with E-state index >= 15 is 0 Å². The fraction of sp³-hybridized carbons (Fsp3) is 0.478. The number of hydrogen-bond donors (Lipinski definition) is 2. The van der Waals surface area contributed by atoms with Gasteiger partial charge in [-0.05, 0) is 62.4 Å². The molecule has 0 saturated heterocycles. The van der Waals surface area contributed by atoms with Crippen molar-refractivity contribution in [3.8, 4) is 5.75 Å². The number of nitrogens with zero attached hydrogens (tertiary/aromatic N) is 5. The van der Waals surface area contributed by atoms with E-state index in [9.17, 15) is 4.79 Å². The van der Waals surface area contributed by atoms with Crippen LogP contribution in [0.15, 0.2) is 24.5 Å². The molecule has 1 aliphatic carbocycles. The van der Waals surface area contributed by atoms with Crippen molar-refractivity contribution in [2.45, 2.75) is 44.7 Å². The molecule has 168 valence electrons. The van der Waals surface area contributed by atoms with Crippen molar-refractivity contribution in [1.29, 1.82) is 0 Å². The Morgan fingerprint density at radius 3 is 2.75 bits per heavy atom. The molecule has 1 saturated carbocycles. The molecule has 2 aliphatic rings. The van der Waals surface area contributed by atoms with Gasteiger partial charge in [0.15, 0.2) is 5.65 Å². The average Bonchev–Trinajstić information content (AvgIpc) is 3.22. The number of likely N-dealkylation sites (N-methyl/N-ethyl adjacent to an activating group) is 1. The first-order valence-corrected chi connectivity index (χ1v) is 11.2. The summed E-state index contributed by atoms with van der Waals surface area (Å²) in [6.07, 6.45) is 7.92. The Bertz CT molecular complexity index is 1150. The highest BCUT2D eigenvalue weighted by Crippen LogP contribution is 2.35. The van der Waals surface area contributed by atoms with Crippen LogP contribution in [0.5, 0.6) is 5.75 Å². The van der Waals surface area contributed by atoms with Crippen LogP contribution in [0.1, 0.15) is 42.9 Å². The second-order valence-corrected chi connectivity index (χ2v) is 8.90. The molecule has 1 aliphatic heterocycles. The fourth-order valence-corrected chi connectivity index (χ4v) is 4.88. The normalized spacial score (nSPS) is 21.3. The van der Waals surface area contributed by atoms with E-state index in [4.69, 9.17) is 15.5 Å². The summed E-state index contributed by atoms with van der Waals surface area (Å²) in [6, 6.07) is 4.46. The Morgan fingerprint density at radius 1 is 1.19 bits per heavy atom. The van der Waals surface area contributed by atoms with Crippen LogP contribution in [0, 0.1) is 5.92 Å². The number of primary amides is 1. The summed E-state index contributed by atoms with van der Waals surface area (Å²) < 4.78 is 7.61. The number of carbonyl (C=O) groups excluding carboxylic acids is 1. The summed E-state index contributed by atoms with van der Waals surface area (Å²) in [5.41, 5.74) is 9.75. The lowest BCUT2D eigenvalue weighted by Crippen LogP contribution is -2.28. The van der Waals surface area contributed by atoms with Gasteiger partial charge in [0.05, 0.1) is 30.4 Å². The van der Waals surface area contributed by atoms with Gasteiger partial charge in [-0.2, -0.15) is 10.1 Å². The summed E-state index contributed by atoms with van der Waals surface area (Å²) in [5, 5.41) is 8.83. The first-order valence-electron chi connectivity index (χ1n) is 11.2. The van der Waals surface area contributed by atoms with E-state index in [0.29, 0.717) is 5.95 Å². The van der Waals surface area contributed by atoms with Gasteiger partial charge in [0.25, 0.3) is 0 Å². The molecule has 9 nitrogen and oxygen atoms in total. The maximum atomic E-state index is 11.5. The smallest absolute Gasteiger partial charge is 0.229 e. The van der Waals surface area contributed by atoms with Crippen molar-refractivity contribution in [2.24, 2.45) is 11.7 Å². The highest BCUT2D eigenvalue weighted by Gasteiger charge is 2.27. The summed E-state index contributed by atoms with van der Waals surface area (Å²) in [6.45, 7) is 1.96. The Labute approximate surface area is 187 Å². The van der Waals surface area contributed by atoms with Gasteiger partial charge in [0.2, 0.25) is 11.9 Å². The van der Waals surface area contributed by atoms with Crippen molar-refractivity contribution in [3.63, 3.8) is 0 Å². The SMILES string of the molecule is COc1cc2c(cc1Nc1ncc3cnn([C@H]4CC[C@@H](C(N)=O)CC4)c3n1)CN(C)CC2. The minimum Gasteiger partial charge on any atom is -0.495 e. The molecule has 0 bridgehead atoms. The van der Waals surface area contributed by atoms with E-state index < -0.39 is 0 Å². The molecular formula is C23H29N7O2. The molecule has 3 N–H and O–H groups in total. The summed E-state index contributed by atoms with van der Waals surface area (Å²) in [7, 11) is 3.82.